The maximum absolute atomic E-state index is 10.8. The molecule has 0 aromatic heterocycles. The molecule has 0 aliphatic heterocycles. The Bertz CT molecular complexity index is 116. The van der Waals surface area contributed by atoms with Gasteiger partial charge in [-0.1, -0.05) is 6.92 Å². The Hall–Kier alpha value is -0.610. The quantitative estimate of drug-likeness (QED) is 0.497. The van der Waals surface area contributed by atoms with Crippen LogP contribution < -0.4 is 5.32 Å². The Morgan fingerprint density at radius 3 is 2.73 bits per heavy atom. The minimum Gasteiger partial charge on any atom is -0.395 e. The van der Waals surface area contributed by atoms with Crippen molar-refractivity contribution in [1.82, 2.24) is 5.32 Å². The molecule has 1 amide bonds. The molecule has 0 fully saturated rings. The minimum absolute atomic E-state index is 0.0615. The lowest BCUT2D eigenvalue weighted by molar-refractivity contribution is -0.123. The number of amides is 1. The first-order valence-electron chi connectivity index (χ1n) is 3.76. The predicted molar refractivity (Wildman–Crippen MR) is 41.0 cm³/mol. The standard InChI is InChI=1S/C7H15NO3/c1-2-6(10)5-7(11)8-3-4-9/h6,9-10H,2-5H2,1H3,(H,8,11). The van der Waals surface area contributed by atoms with Gasteiger partial charge in [0, 0.05) is 6.54 Å². The van der Waals surface area contributed by atoms with Crippen LogP contribution in [-0.2, 0) is 4.79 Å². The second-order valence-corrected chi connectivity index (χ2v) is 2.34. The molecule has 0 bridgehead atoms. The molecule has 0 aromatic carbocycles. The topological polar surface area (TPSA) is 69.6 Å². The number of hydrogen-bond donors (Lipinski definition) is 3. The van der Waals surface area contributed by atoms with Gasteiger partial charge in [-0.25, -0.2) is 0 Å². The third kappa shape index (κ3) is 5.82. The first kappa shape index (κ1) is 10.4. The second-order valence-electron chi connectivity index (χ2n) is 2.34. The molecule has 0 spiro atoms. The van der Waals surface area contributed by atoms with Gasteiger partial charge >= 0.3 is 0 Å². The van der Waals surface area contributed by atoms with E-state index in [0.29, 0.717) is 6.42 Å². The van der Waals surface area contributed by atoms with E-state index in [1.807, 2.05) is 6.92 Å². The highest BCUT2D eigenvalue weighted by atomic mass is 16.3. The number of hydrogen-bond acceptors (Lipinski definition) is 3. The third-order valence-corrected chi connectivity index (χ3v) is 1.33. The minimum atomic E-state index is -0.561. The van der Waals surface area contributed by atoms with Crippen LogP contribution in [0.15, 0.2) is 0 Å². The van der Waals surface area contributed by atoms with Crippen LogP contribution in [-0.4, -0.2) is 35.4 Å². The summed E-state index contributed by atoms with van der Waals surface area (Å²) in [4.78, 5) is 10.8. The molecule has 4 nitrogen and oxygen atoms in total. The van der Waals surface area contributed by atoms with Crippen LogP contribution in [0.5, 0.6) is 0 Å². The lowest BCUT2D eigenvalue weighted by Gasteiger charge is -2.06. The zero-order valence-corrected chi connectivity index (χ0v) is 6.71. The lowest BCUT2D eigenvalue weighted by Crippen LogP contribution is -2.29. The van der Waals surface area contributed by atoms with Crippen molar-refractivity contribution in [3.63, 3.8) is 0 Å². The van der Waals surface area contributed by atoms with Gasteiger partial charge in [-0.3, -0.25) is 4.79 Å². The lowest BCUT2D eigenvalue weighted by atomic mass is 10.2. The van der Waals surface area contributed by atoms with E-state index in [1.165, 1.54) is 0 Å². The first-order chi connectivity index (χ1) is 5.20. The van der Waals surface area contributed by atoms with Crippen LogP contribution in [0.25, 0.3) is 0 Å². The molecular weight excluding hydrogens is 146 g/mol. The van der Waals surface area contributed by atoms with Crippen molar-refractivity contribution in [3.05, 3.63) is 0 Å². The fourth-order valence-corrected chi connectivity index (χ4v) is 0.626. The highest BCUT2D eigenvalue weighted by molar-refractivity contribution is 5.76. The zero-order chi connectivity index (χ0) is 8.69. The summed E-state index contributed by atoms with van der Waals surface area (Å²) in [5.74, 6) is -0.214. The van der Waals surface area contributed by atoms with Crippen LogP contribution in [0.1, 0.15) is 19.8 Å². The number of carbonyl (C=O) groups excluding carboxylic acids is 1. The van der Waals surface area contributed by atoms with Crippen LogP contribution in [0, 0.1) is 0 Å². The van der Waals surface area contributed by atoms with Crippen molar-refractivity contribution in [1.29, 1.82) is 0 Å². The Kier molecular flexibility index (Phi) is 5.78. The van der Waals surface area contributed by atoms with Crippen molar-refractivity contribution in [2.75, 3.05) is 13.2 Å². The van der Waals surface area contributed by atoms with Gasteiger partial charge in [-0.05, 0) is 6.42 Å². The van der Waals surface area contributed by atoms with Gasteiger partial charge in [0.05, 0.1) is 19.1 Å². The van der Waals surface area contributed by atoms with E-state index in [4.69, 9.17) is 10.2 Å². The fourth-order valence-electron chi connectivity index (χ4n) is 0.626. The number of nitrogens with one attached hydrogen (secondary N) is 1. The predicted octanol–water partition coefficient (Wildman–Crippen LogP) is -0.744. The molecular formula is C7H15NO3. The summed E-state index contributed by atoms with van der Waals surface area (Å²) in [6, 6.07) is 0. The molecule has 0 saturated carbocycles. The van der Waals surface area contributed by atoms with Gasteiger partial charge in [0.15, 0.2) is 0 Å². The van der Waals surface area contributed by atoms with Crippen molar-refractivity contribution >= 4 is 5.91 Å². The average Bonchev–Trinajstić information content (AvgIpc) is 2.00. The summed E-state index contributed by atoms with van der Waals surface area (Å²) < 4.78 is 0. The van der Waals surface area contributed by atoms with Crippen molar-refractivity contribution < 1.29 is 15.0 Å². The molecule has 0 aromatic rings. The molecule has 4 heteroatoms. The maximum atomic E-state index is 10.8. The van der Waals surface area contributed by atoms with Crippen LogP contribution in [0.2, 0.25) is 0 Å². The van der Waals surface area contributed by atoms with E-state index in [2.05, 4.69) is 5.32 Å². The van der Waals surface area contributed by atoms with E-state index in [9.17, 15) is 4.79 Å². The van der Waals surface area contributed by atoms with Crippen molar-refractivity contribution in [3.8, 4) is 0 Å². The molecule has 0 heterocycles. The molecule has 66 valence electrons. The summed E-state index contributed by atoms with van der Waals surface area (Å²) in [5, 5.41) is 19.8. The first-order valence-corrected chi connectivity index (χ1v) is 3.76. The normalized spacial score (nSPS) is 12.6. The van der Waals surface area contributed by atoms with Gasteiger partial charge in [-0.15, -0.1) is 0 Å². The van der Waals surface area contributed by atoms with Gasteiger partial charge in [0.2, 0.25) is 5.91 Å². The number of rotatable bonds is 5. The number of carbonyl (C=O) groups is 1. The van der Waals surface area contributed by atoms with Crippen molar-refractivity contribution in [2.24, 2.45) is 0 Å². The molecule has 0 radical (unpaired) electrons. The maximum Gasteiger partial charge on any atom is 0.222 e. The van der Waals surface area contributed by atoms with Crippen LogP contribution in [0.3, 0.4) is 0 Å². The molecule has 0 rings (SSSR count). The zero-order valence-electron chi connectivity index (χ0n) is 6.71. The largest absolute Gasteiger partial charge is 0.395 e. The molecule has 0 aliphatic rings. The number of aliphatic hydroxyl groups excluding tert-OH is 2. The molecule has 1 unspecified atom stereocenters. The Labute approximate surface area is 66.2 Å². The summed E-state index contributed by atoms with van der Waals surface area (Å²) >= 11 is 0. The molecule has 0 aliphatic carbocycles. The molecule has 11 heavy (non-hydrogen) atoms. The van der Waals surface area contributed by atoms with Gasteiger partial charge in [-0.2, -0.15) is 0 Å². The smallest absolute Gasteiger partial charge is 0.222 e. The van der Waals surface area contributed by atoms with E-state index in [-0.39, 0.29) is 25.5 Å². The second kappa shape index (κ2) is 6.12. The van der Waals surface area contributed by atoms with Crippen molar-refractivity contribution in [2.45, 2.75) is 25.9 Å². The van der Waals surface area contributed by atoms with E-state index >= 15 is 0 Å². The summed E-state index contributed by atoms with van der Waals surface area (Å²) in [7, 11) is 0. The van der Waals surface area contributed by atoms with E-state index < -0.39 is 6.10 Å². The molecule has 3 N–H and O–H groups in total. The Balaban J connectivity index is 3.36. The Morgan fingerprint density at radius 1 is 1.64 bits per heavy atom. The van der Waals surface area contributed by atoms with E-state index in [0.717, 1.165) is 0 Å². The third-order valence-electron chi connectivity index (χ3n) is 1.33. The summed E-state index contributed by atoms with van der Waals surface area (Å²) in [6.07, 6.45) is 0.136. The van der Waals surface area contributed by atoms with E-state index in [1.54, 1.807) is 0 Å². The molecule has 0 saturated heterocycles. The SMILES string of the molecule is CCC(O)CC(=O)NCCO. The Morgan fingerprint density at radius 2 is 2.27 bits per heavy atom. The van der Waals surface area contributed by atoms with Crippen LogP contribution >= 0.6 is 0 Å². The highest BCUT2D eigenvalue weighted by Crippen LogP contribution is 1.95. The average molecular weight is 161 g/mol. The summed E-state index contributed by atoms with van der Waals surface area (Å²) in [6.45, 7) is 2.01. The molecule has 1 atom stereocenters. The van der Waals surface area contributed by atoms with Gasteiger partial charge in [0.1, 0.15) is 0 Å². The summed E-state index contributed by atoms with van der Waals surface area (Å²) in [5.41, 5.74) is 0. The fraction of sp³-hybridized carbons (Fsp3) is 0.857. The monoisotopic (exact) mass is 161 g/mol. The van der Waals surface area contributed by atoms with Gasteiger partial charge in [0.25, 0.3) is 0 Å². The van der Waals surface area contributed by atoms with Crippen LogP contribution in [0.4, 0.5) is 0 Å². The number of aliphatic hydroxyl groups is 2. The highest BCUT2D eigenvalue weighted by Gasteiger charge is 2.06. The van der Waals surface area contributed by atoms with Gasteiger partial charge < -0.3 is 15.5 Å².